The van der Waals surface area contributed by atoms with Gasteiger partial charge in [-0.1, -0.05) is 0 Å². The van der Waals surface area contributed by atoms with Crippen LogP contribution in [0.4, 0.5) is 4.39 Å². The molecule has 0 spiro atoms. The van der Waals surface area contributed by atoms with E-state index in [1.807, 2.05) is 25.6 Å². The van der Waals surface area contributed by atoms with Gasteiger partial charge in [0.05, 0.1) is 11.4 Å². The average Bonchev–Trinajstić information content (AvgIpc) is 2.89. The van der Waals surface area contributed by atoms with Gasteiger partial charge in [0.2, 0.25) is 0 Å². The third-order valence-corrected chi connectivity index (χ3v) is 4.42. The van der Waals surface area contributed by atoms with Crippen molar-refractivity contribution in [1.82, 2.24) is 24.9 Å². The number of carbonyl (C=O) groups excluding carboxylic acids is 1. The molecular formula is C19H20FN5O2. The zero-order chi connectivity index (χ0) is 19.6. The monoisotopic (exact) mass is 369 g/mol. The van der Waals surface area contributed by atoms with Crippen LogP contribution in [0.1, 0.15) is 27.4 Å². The van der Waals surface area contributed by atoms with E-state index in [4.69, 9.17) is 0 Å². The first-order valence-electron chi connectivity index (χ1n) is 8.50. The Balaban J connectivity index is 1.72. The standard InChI is InChI=1S/C19H20FN5O2/c1-12-16(13(2)24(3)22-12)10-11-21-19(27)17-8-9-18(26)25(23-17)15-6-4-14(20)5-7-15/h4-9H,10-11H2,1-3H3,(H,21,27). The highest BCUT2D eigenvalue weighted by Gasteiger charge is 2.13. The molecule has 0 aliphatic heterocycles. The quantitative estimate of drug-likeness (QED) is 0.742. The highest BCUT2D eigenvalue weighted by molar-refractivity contribution is 5.92. The summed E-state index contributed by atoms with van der Waals surface area (Å²) in [5, 5.41) is 11.2. The Bertz CT molecular complexity index is 1040. The van der Waals surface area contributed by atoms with Crippen molar-refractivity contribution in [3.8, 4) is 5.69 Å². The number of aryl methyl sites for hydroxylation is 2. The first kappa shape index (κ1) is 18.5. The lowest BCUT2D eigenvalue weighted by Gasteiger charge is -2.08. The molecule has 0 unspecified atom stereocenters. The molecule has 0 saturated carbocycles. The summed E-state index contributed by atoms with van der Waals surface area (Å²) in [4.78, 5) is 24.4. The minimum absolute atomic E-state index is 0.110. The smallest absolute Gasteiger partial charge is 0.271 e. The summed E-state index contributed by atoms with van der Waals surface area (Å²) in [5.41, 5.74) is 3.19. The van der Waals surface area contributed by atoms with Crippen LogP contribution < -0.4 is 10.9 Å². The lowest BCUT2D eigenvalue weighted by atomic mass is 10.1. The zero-order valence-corrected chi connectivity index (χ0v) is 15.4. The third kappa shape index (κ3) is 3.94. The topological polar surface area (TPSA) is 81.8 Å². The van der Waals surface area contributed by atoms with Crippen LogP contribution in [0.3, 0.4) is 0 Å². The van der Waals surface area contributed by atoms with E-state index >= 15 is 0 Å². The molecule has 0 aliphatic rings. The maximum Gasteiger partial charge on any atom is 0.271 e. The van der Waals surface area contributed by atoms with Gasteiger partial charge >= 0.3 is 0 Å². The molecule has 0 aliphatic carbocycles. The van der Waals surface area contributed by atoms with E-state index in [0.717, 1.165) is 21.6 Å². The van der Waals surface area contributed by atoms with Crippen LogP contribution in [0.15, 0.2) is 41.2 Å². The van der Waals surface area contributed by atoms with Crippen LogP contribution in [0, 0.1) is 19.7 Å². The fraction of sp³-hybridized carbons (Fsp3) is 0.263. The number of aromatic nitrogens is 4. The molecule has 2 aromatic heterocycles. The average molecular weight is 369 g/mol. The summed E-state index contributed by atoms with van der Waals surface area (Å²) in [6, 6.07) is 7.96. The maximum atomic E-state index is 13.1. The van der Waals surface area contributed by atoms with E-state index in [1.165, 1.54) is 36.4 Å². The molecule has 27 heavy (non-hydrogen) atoms. The molecule has 0 fully saturated rings. The van der Waals surface area contributed by atoms with Gasteiger partial charge in [-0.05, 0) is 56.2 Å². The second kappa shape index (κ2) is 7.53. The van der Waals surface area contributed by atoms with Crippen LogP contribution in [0.5, 0.6) is 0 Å². The van der Waals surface area contributed by atoms with Crippen LogP contribution in [-0.4, -0.2) is 32.0 Å². The number of hydrogen-bond donors (Lipinski definition) is 1. The Morgan fingerprint density at radius 3 is 2.44 bits per heavy atom. The highest BCUT2D eigenvalue weighted by atomic mass is 19.1. The summed E-state index contributed by atoms with van der Waals surface area (Å²) in [6.45, 7) is 4.34. The number of rotatable bonds is 5. The first-order valence-corrected chi connectivity index (χ1v) is 8.50. The van der Waals surface area contributed by atoms with Gasteiger partial charge in [-0.25, -0.2) is 4.39 Å². The minimum Gasteiger partial charge on any atom is -0.350 e. The molecule has 1 N–H and O–H groups in total. The van der Waals surface area contributed by atoms with Gasteiger partial charge in [-0.3, -0.25) is 14.3 Å². The predicted octanol–water partition coefficient (Wildman–Crippen LogP) is 1.69. The predicted molar refractivity (Wildman–Crippen MR) is 98.5 cm³/mol. The Morgan fingerprint density at radius 1 is 1.11 bits per heavy atom. The fourth-order valence-electron chi connectivity index (χ4n) is 2.87. The maximum absolute atomic E-state index is 13.1. The number of nitrogens with zero attached hydrogens (tertiary/aromatic N) is 4. The van der Waals surface area contributed by atoms with Gasteiger partial charge in [-0.15, -0.1) is 0 Å². The molecule has 1 aromatic carbocycles. The molecule has 3 aromatic rings. The zero-order valence-electron chi connectivity index (χ0n) is 15.4. The number of hydrogen-bond acceptors (Lipinski definition) is 4. The first-order chi connectivity index (χ1) is 12.9. The molecule has 0 atom stereocenters. The third-order valence-electron chi connectivity index (χ3n) is 4.42. The number of benzene rings is 1. The van der Waals surface area contributed by atoms with E-state index in [2.05, 4.69) is 15.5 Å². The normalized spacial score (nSPS) is 10.8. The molecule has 0 saturated heterocycles. The van der Waals surface area contributed by atoms with Gasteiger partial charge in [-0.2, -0.15) is 14.9 Å². The van der Waals surface area contributed by atoms with Gasteiger partial charge < -0.3 is 5.32 Å². The van der Waals surface area contributed by atoms with Crippen molar-refractivity contribution in [2.75, 3.05) is 6.54 Å². The van der Waals surface area contributed by atoms with E-state index in [9.17, 15) is 14.0 Å². The Morgan fingerprint density at radius 2 is 1.81 bits per heavy atom. The van der Waals surface area contributed by atoms with Crippen molar-refractivity contribution in [3.05, 3.63) is 75.2 Å². The summed E-state index contributed by atoms with van der Waals surface area (Å²) >= 11 is 0. The van der Waals surface area contributed by atoms with Crippen LogP contribution >= 0.6 is 0 Å². The summed E-state index contributed by atoms with van der Waals surface area (Å²) in [5.74, 6) is -0.799. The molecule has 3 rings (SSSR count). The molecule has 1 amide bonds. The lowest BCUT2D eigenvalue weighted by Crippen LogP contribution is -2.30. The van der Waals surface area contributed by atoms with Crippen molar-refractivity contribution in [2.45, 2.75) is 20.3 Å². The summed E-state index contributed by atoms with van der Waals surface area (Å²) < 4.78 is 16.0. The molecular weight excluding hydrogens is 349 g/mol. The van der Waals surface area contributed by atoms with Crippen LogP contribution in [-0.2, 0) is 13.5 Å². The highest BCUT2D eigenvalue weighted by Crippen LogP contribution is 2.12. The molecule has 140 valence electrons. The van der Waals surface area contributed by atoms with Gasteiger partial charge in [0.1, 0.15) is 11.5 Å². The van der Waals surface area contributed by atoms with E-state index in [1.54, 1.807) is 0 Å². The molecule has 2 heterocycles. The SMILES string of the molecule is Cc1nn(C)c(C)c1CCNC(=O)c1ccc(=O)n(-c2ccc(F)cc2)n1. The van der Waals surface area contributed by atoms with Gasteiger partial charge in [0.15, 0.2) is 0 Å². The van der Waals surface area contributed by atoms with E-state index in [0.29, 0.717) is 18.7 Å². The number of nitrogens with one attached hydrogen (secondary N) is 1. The Kier molecular flexibility index (Phi) is 5.16. The second-order valence-electron chi connectivity index (χ2n) is 6.22. The summed E-state index contributed by atoms with van der Waals surface area (Å²) in [7, 11) is 1.88. The Labute approximate surface area is 155 Å². The molecule has 8 heteroatoms. The number of carbonyl (C=O) groups is 1. The number of amides is 1. The number of halogens is 1. The van der Waals surface area contributed by atoms with E-state index < -0.39 is 11.4 Å². The van der Waals surface area contributed by atoms with Crippen LogP contribution in [0.25, 0.3) is 5.69 Å². The van der Waals surface area contributed by atoms with Crippen LogP contribution in [0.2, 0.25) is 0 Å². The summed E-state index contributed by atoms with van der Waals surface area (Å²) in [6.07, 6.45) is 0.648. The fourth-order valence-corrected chi connectivity index (χ4v) is 2.87. The molecule has 7 nitrogen and oxygen atoms in total. The van der Waals surface area contributed by atoms with Crippen molar-refractivity contribution in [3.63, 3.8) is 0 Å². The largest absolute Gasteiger partial charge is 0.350 e. The van der Waals surface area contributed by atoms with Crippen molar-refractivity contribution >= 4 is 5.91 Å². The Hall–Kier alpha value is -3.29. The second-order valence-corrected chi connectivity index (χ2v) is 6.22. The van der Waals surface area contributed by atoms with E-state index in [-0.39, 0.29) is 11.6 Å². The lowest BCUT2D eigenvalue weighted by molar-refractivity contribution is 0.0947. The van der Waals surface area contributed by atoms with Crippen molar-refractivity contribution in [2.24, 2.45) is 7.05 Å². The van der Waals surface area contributed by atoms with Crippen molar-refractivity contribution in [1.29, 1.82) is 0 Å². The van der Waals surface area contributed by atoms with Gasteiger partial charge in [0, 0.05) is 25.4 Å². The van der Waals surface area contributed by atoms with Gasteiger partial charge in [0.25, 0.3) is 11.5 Å². The molecule has 0 radical (unpaired) electrons. The van der Waals surface area contributed by atoms with Crippen molar-refractivity contribution < 1.29 is 9.18 Å². The molecule has 0 bridgehead atoms. The minimum atomic E-state index is -0.415.